The Morgan fingerprint density at radius 2 is 2.16 bits per heavy atom. The number of ether oxygens (including phenoxy) is 1. The molecule has 0 spiro atoms. The third-order valence-electron chi connectivity index (χ3n) is 3.73. The Labute approximate surface area is 150 Å². The Morgan fingerprint density at radius 1 is 1.44 bits per heavy atom. The van der Waals surface area contributed by atoms with E-state index < -0.39 is 4.92 Å². The number of esters is 1. The molecule has 0 aliphatic rings. The van der Waals surface area contributed by atoms with Crippen molar-refractivity contribution in [2.24, 2.45) is 7.05 Å². The average Bonchev–Trinajstić information content (AvgIpc) is 2.89. The maximum absolute atomic E-state index is 11.4. The molecule has 1 aromatic carbocycles. The molecule has 0 atom stereocenters. The van der Waals surface area contributed by atoms with Gasteiger partial charge in [0.25, 0.3) is 5.69 Å². The van der Waals surface area contributed by atoms with Gasteiger partial charge in [0.2, 0.25) is 0 Å². The molecule has 1 aromatic heterocycles. The summed E-state index contributed by atoms with van der Waals surface area (Å²) in [5.41, 5.74) is 0.975. The zero-order valence-electron chi connectivity index (χ0n) is 14.7. The van der Waals surface area contributed by atoms with Gasteiger partial charge >= 0.3 is 5.97 Å². The van der Waals surface area contributed by atoms with Gasteiger partial charge in [0, 0.05) is 30.5 Å². The van der Waals surface area contributed by atoms with E-state index in [1.54, 1.807) is 12.1 Å². The SMILES string of the molecule is COC(=O)CCc1nc(C(C)C)c(Sc2cccc([N+](=O)[O-])c2)n1C. The Hall–Kier alpha value is -2.35. The van der Waals surface area contributed by atoms with E-state index >= 15 is 0 Å². The van der Waals surface area contributed by atoms with Gasteiger partial charge in [-0.3, -0.25) is 14.9 Å². The lowest BCUT2D eigenvalue weighted by Crippen LogP contribution is -2.06. The second-order valence-corrected chi connectivity index (χ2v) is 6.93. The molecule has 25 heavy (non-hydrogen) atoms. The minimum atomic E-state index is -0.404. The molecule has 0 aliphatic heterocycles. The summed E-state index contributed by atoms with van der Waals surface area (Å²) in [6, 6.07) is 6.53. The van der Waals surface area contributed by atoms with Crippen LogP contribution in [0.25, 0.3) is 0 Å². The van der Waals surface area contributed by atoms with E-state index in [1.165, 1.54) is 24.9 Å². The quantitative estimate of drug-likeness (QED) is 0.423. The summed E-state index contributed by atoms with van der Waals surface area (Å²) in [7, 11) is 3.26. The lowest BCUT2D eigenvalue weighted by molar-refractivity contribution is -0.385. The van der Waals surface area contributed by atoms with Crippen molar-refractivity contribution >= 4 is 23.4 Å². The molecule has 8 heteroatoms. The average molecular weight is 363 g/mol. The first-order valence-corrected chi connectivity index (χ1v) is 8.69. The van der Waals surface area contributed by atoms with Crippen molar-refractivity contribution in [1.29, 1.82) is 0 Å². The Morgan fingerprint density at radius 3 is 2.76 bits per heavy atom. The molecule has 0 saturated heterocycles. The highest BCUT2D eigenvalue weighted by Crippen LogP contribution is 2.35. The molecular formula is C17H21N3O4S. The van der Waals surface area contributed by atoms with E-state index in [1.807, 2.05) is 31.5 Å². The largest absolute Gasteiger partial charge is 0.469 e. The number of imidazole rings is 1. The van der Waals surface area contributed by atoms with Gasteiger partial charge in [-0.25, -0.2) is 4.98 Å². The van der Waals surface area contributed by atoms with E-state index in [-0.39, 0.29) is 24.0 Å². The molecule has 0 unspecified atom stereocenters. The first-order valence-electron chi connectivity index (χ1n) is 7.88. The van der Waals surface area contributed by atoms with Crippen LogP contribution in [0.15, 0.2) is 34.2 Å². The predicted molar refractivity (Wildman–Crippen MR) is 94.9 cm³/mol. The molecule has 0 aliphatic carbocycles. The Kier molecular flexibility index (Phi) is 6.19. The molecule has 0 N–H and O–H groups in total. The van der Waals surface area contributed by atoms with Crippen LogP contribution in [-0.4, -0.2) is 27.6 Å². The van der Waals surface area contributed by atoms with Crippen LogP contribution in [0, 0.1) is 10.1 Å². The van der Waals surface area contributed by atoms with Gasteiger partial charge in [-0.15, -0.1) is 0 Å². The van der Waals surface area contributed by atoms with Gasteiger partial charge in [-0.05, 0) is 12.0 Å². The predicted octanol–water partition coefficient (Wildman–Crippen LogP) is 3.71. The van der Waals surface area contributed by atoms with E-state index in [0.29, 0.717) is 6.42 Å². The van der Waals surface area contributed by atoms with Crippen molar-refractivity contribution in [2.45, 2.75) is 42.5 Å². The number of nitro benzene ring substituents is 1. The molecule has 134 valence electrons. The van der Waals surface area contributed by atoms with Crippen molar-refractivity contribution in [3.8, 4) is 0 Å². The second-order valence-electron chi connectivity index (χ2n) is 5.86. The first kappa shape index (κ1) is 19.0. The number of nitrogens with zero attached hydrogens (tertiary/aromatic N) is 3. The number of aromatic nitrogens is 2. The Balaban J connectivity index is 2.32. The Bertz CT molecular complexity index is 786. The minimum Gasteiger partial charge on any atom is -0.469 e. The summed E-state index contributed by atoms with van der Waals surface area (Å²) in [4.78, 5) is 27.4. The van der Waals surface area contributed by atoms with Crippen LogP contribution >= 0.6 is 11.8 Å². The molecule has 0 radical (unpaired) electrons. The number of benzene rings is 1. The number of non-ortho nitro benzene ring substituents is 1. The van der Waals surface area contributed by atoms with Gasteiger partial charge in [-0.2, -0.15) is 0 Å². The highest BCUT2D eigenvalue weighted by Gasteiger charge is 2.19. The van der Waals surface area contributed by atoms with Crippen molar-refractivity contribution < 1.29 is 14.5 Å². The van der Waals surface area contributed by atoms with Crippen LogP contribution in [0.3, 0.4) is 0 Å². The van der Waals surface area contributed by atoms with Crippen LogP contribution in [-0.2, 0) is 23.0 Å². The molecule has 2 rings (SSSR count). The molecule has 0 amide bonds. The van der Waals surface area contributed by atoms with Crippen LogP contribution in [0.4, 0.5) is 5.69 Å². The number of rotatable bonds is 7. The van der Waals surface area contributed by atoms with Crippen molar-refractivity contribution in [2.75, 3.05) is 7.11 Å². The van der Waals surface area contributed by atoms with Crippen LogP contribution < -0.4 is 0 Å². The smallest absolute Gasteiger partial charge is 0.305 e. The van der Waals surface area contributed by atoms with Gasteiger partial charge in [0.05, 0.1) is 24.1 Å². The molecule has 0 fully saturated rings. The normalized spacial score (nSPS) is 10.9. The fraction of sp³-hybridized carbons (Fsp3) is 0.412. The highest BCUT2D eigenvalue weighted by molar-refractivity contribution is 7.99. The topological polar surface area (TPSA) is 87.3 Å². The fourth-order valence-electron chi connectivity index (χ4n) is 2.36. The lowest BCUT2D eigenvalue weighted by atomic mass is 10.1. The van der Waals surface area contributed by atoms with E-state index in [2.05, 4.69) is 9.72 Å². The zero-order valence-corrected chi connectivity index (χ0v) is 15.5. The van der Waals surface area contributed by atoms with E-state index in [4.69, 9.17) is 0 Å². The third kappa shape index (κ3) is 4.60. The molecule has 7 nitrogen and oxygen atoms in total. The molecule has 0 bridgehead atoms. The van der Waals surface area contributed by atoms with Crippen molar-refractivity contribution in [3.63, 3.8) is 0 Å². The summed E-state index contributed by atoms with van der Waals surface area (Å²) >= 11 is 1.44. The highest BCUT2D eigenvalue weighted by atomic mass is 32.2. The molecular weight excluding hydrogens is 342 g/mol. The maximum Gasteiger partial charge on any atom is 0.305 e. The van der Waals surface area contributed by atoms with Crippen molar-refractivity contribution in [3.05, 3.63) is 45.9 Å². The zero-order chi connectivity index (χ0) is 18.6. The lowest BCUT2D eigenvalue weighted by Gasteiger charge is -2.08. The summed E-state index contributed by atoms with van der Waals surface area (Å²) < 4.78 is 6.63. The molecule has 1 heterocycles. The maximum atomic E-state index is 11.4. The number of hydrogen-bond donors (Lipinski definition) is 0. The third-order valence-corrected chi connectivity index (χ3v) is 4.90. The van der Waals surface area contributed by atoms with Gasteiger partial charge in [0.1, 0.15) is 10.9 Å². The van der Waals surface area contributed by atoms with Crippen LogP contribution in [0.2, 0.25) is 0 Å². The summed E-state index contributed by atoms with van der Waals surface area (Å²) in [5.74, 6) is 0.711. The molecule has 2 aromatic rings. The van der Waals surface area contributed by atoms with Gasteiger partial charge in [0.15, 0.2) is 0 Å². The second kappa shape index (κ2) is 8.15. The monoisotopic (exact) mass is 363 g/mol. The summed E-state index contributed by atoms with van der Waals surface area (Å²) in [6.45, 7) is 4.09. The van der Waals surface area contributed by atoms with Crippen molar-refractivity contribution in [1.82, 2.24) is 9.55 Å². The van der Waals surface area contributed by atoms with E-state index in [0.717, 1.165) is 21.4 Å². The number of methoxy groups -OCH3 is 1. The summed E-state index contributed by atoms with van der Waals surface area (Å²) in [6.07, 6.45) is 0.748. The number of carbonyl (C=O) groups excluding carboxylic acids is 1. The summed E-state index contributed by atoms with van der Waals surface area (Å²) in [5, 5.41) is 11.9. The standard InChI is InChI=1S/C17H21N3O4S/c1-11(2)16-17(19(3)14(18-16)8-9-15(21)24-4)25-13-7-5-6-12(10-13)20(22)23/h5-7,10-11H,8-9H2,1-4H3. The van der Waals surface area contributed by atoms with E-state index in [9.17, 15) is 14.9 Å². The molecule has 0 saturated carbocycles. The first-order chi connectivity index (χ1) is 11.8. The van der Waals surface area contributed by atoms with Gasteiger partial charge < -0.3 is 9.30 Å². The number of nitro groups is 1. The minimum absolute atomic E-state index is 0.0594. The number of hydrogen-bond acceptors (Lipinski definition) is 6. The van der Waals surface area contributed by atoms with Crippen LogP contribution in [0.5, 0.6) is 0 Å². The number of aryl methyl sites for hydroxylation is 1. The fourth-order valence-corrected chi connectivity index (χ4v) is 3.54. The van der Waals surface area contributed by atoms with Gasteiger partial charge in [-0.1, -0.05) is 31.7 Å². The van der Waals surface area contributed by atoms with Crippen LogP contribution in [0.1, 0.15) is 37.7 Å². The number of carbonyl (C=O) groups is 1.